The smallest absolute Gasteiger partial charge is 0.305 e. The topological polar surface area (TPSA) is 102 Å². The maximum absolute atomic E-state index is 13.8. The van der Waals surface area contributed by atoms with E-state index in [0.29, 0.717) is 63.6 Å². The molecule has 372 valence electrons. The van der Waals surface area contributed by atoms with Gasteiger partial charge in [-0.3, -0.25) is 19.2 Å². The molecule has 0 aliphatic carbocycles. The molecule has 1 amide bonds. The third-order valence-electron chi connectivity index (χ3n) is 13.0. The summed E-state index contributed by atoms with van der Waals surface area (Å²) in [5.41, 5.74) is 0. The molecule has 0 saturated carbocycles. The average molecular weight is 893 g/mol. The minimum absolute atomic E-state index is 0.0322. The zero-order valence-corrected chi connectivity index (χ0v) is 42.8. The second kappa shape index (κ2) is 45.0. The number of carbonyl (C=O) groups excluding carboxylic acids is 4. The Bertz CT molecular complexity index is 1010. The van der Waals surface area contributed by atoms with Gasteiger partial charge in [-0.2, -0.15) is 0 Å². The van der Waals surface area contributed by atoms with Crippen molar-refractivity contribution in [2.24, 2.45) is 11.8 Å². The Hall–Kier alpha value is -2.16. The molecule has 0 aromatic carbocycles. The van der Waals surface area contributed by atoms with Crippen LogP contribution >= 0.6 is 0 Å². The lowest BCUT2D eigenvalue weighted by atomic mass is 9.96. The summed E-state index contributed by atoms with van der Waals surface area (Å²) in [6, 6.07) is 0.211. The van der Waals surface area contributed by atoms with Gasteiger partial charge < -0.3 is 24.0 Å². The van der Waals surface area contributed by atoms with Gasteiger partial charge in [0, 0.05) is 44.8 Å². The molecule has 0 saturated heterocycles. The van der Waals surface area contributed by atoms with E-state index in [9.17, 15) is 19.2 Å². The van der Waals surface area contributed by atoms with Gasteiger partial charge in [0.2, 0.25) is 5.91 Å². The second-order valence-electron chi connectivity index (χ2n) is 19.2. The van der Waals surface area contributed by atoms with E-state index < -0.39 is 0 Å². The van der Waals surface area contributed by atoms with Crippen molar-refractivity contribution in [1.82, 2.24) is 9.80 Å². The molecule has 0 N–H and O–H groups in total. The number of ether oxygens (including phenoxy) is 3. The second-order valence-corrected chi connectivity index (χ2v) is 19.2. The third kappa shape index (κ3) is 38.8. The number of esters is 3. The standard InChI is InChI=1S/C54H104N2O7/c1-8-12-16-26-36-48(34-14-10-3)46-62-53(59)42-30-24-20-18-22-28-38-50(56(45-44-55(5)6)51(57)40-32-33-41-52(58)61-7)39-29-23-19-21-25-31-43-54(60)63-47-49(35-15-11-4)37-27-17-13-9-2/h48-50H,8-47H2,1-7H3. The maximum Gasteiger partial charge on any atom is 0.305 e. The molecule has 2 atom stereocenters. The highest BCUT2D eigenvalue weighted by molar-refractivity contribution is 5.76. The molecule has 2 unspecified atom stereocenters. The molecule has 63 heavy (non-hydrogen) atoms. The lowest BCUT2D eigenvalue weighted by molar-refractivity contribution is -0.146. The van der Waals surface area contributed by atoms with Crippen molar-refractivity contribution in [2.45, 2.75) is 265 Å². The Balaban J connectivity index is 4.91. The Morgan fingerprint density at radius 2 is 0.746 bits per heavy atom. The molecule has 0 spiro atoms. The summed E-state index contributed by atoms with van der Waals surface area (Å²) in [5, 5.41) is 0. The summed E-state index contributed by atoms with van der Waals surface area (Å²) < 4.78 is 16.3. The van der Waals surface area contributed by atoms with Gasteiger partial charge in [0.15, 0.2) is 0 Å². The SMILES string of the molecule is CCCCCCC(CCCC)COC(=O)CCCCCCCCC(CCCCCCCCC(=O)OCC(CCCC)CCCCCC)N(CCN(C)C)C(=O)CCCCC(=O)OC. The zero-order valence-electron chi connectivity index (χ0n) is 42.8. The van der Waals surface area contributed by atoms with E-state index in [4.69, 9.17) is 14.2 Å². The number of unbranched alkanes of at least 4 members (excludes halogenated alkanes) is 19. The molecule has 9 nitrogen and oxygen atoms in total. The first-order chi connectivity index (χ1) is 30.6. The fourth-order valence-electron chi connectivity index (χ4n) is 8.67. The van der Waals surface area contributed by atoms with Crippen LogP contribution in [0.4, 0.5) is 0 Å². The van der Waals surface area contributed by atoms with E-state index in [-0.39, 0.29) is 29.9 Å². The summed E-state index contributed by atoms with van der Waals surface area (Å²) in [4.78, 5) is 54.8. The van der Waals surface area contributed by atoms with Crippen molar-refractivity contribution in [3.8, 4) is 0 Å². The lowest BCUT2D eigenvalue weighted by Gasteiger charge is -2.33. The molecule has 9 heteroatoms. The van der Waals surface area contributed by atoms with Crippen LogP contribution in [0.3, 0.4) is 0 Å². The predicted molar refractivity (Wildman–Crippen MR) is 264 cm³/mol. The Kier molecular flexibility index (Phi) is 43.5. The van der Waals surface area contributed by atoms with Crippen molar-refractivity contribution in [2.75, 3.05) is 47.5 Å². The summed E-state index contributed by atoms with van der Waals surface area (Å²) in [6.07, 6.45) is 37.7. The van der Waals surface area contributed by atoms with Crippen LogP contribution < -0.4 is 0 Å². The van der Waals surface area contributed by atoms with Gasteiger partial charge in [-0.15, -0.1) is 0 Å². The van der Waals surface area contributed by atoms with E-state index in [0.717, 1.165) is 116 Å². The van der Waals surface area contributed by atoms with Crippen LogP contribution in [-0.2, 0) is 33.4 Å². The van der Waals surface area contributed by atoms with Crippen LogP contribution in [-0.4, -0.2) is 87.2 Å². The maximum atomic E-state index is 13.8. The van der Waals surface area contributed by atoms with Crippen molar-refractivity contribution in [1.29, 1.82) is 0 Å². The highest BCUT2D eigenvalue weighted by Gasteiger charge is 2.23. The minimum Gasteiger partial charge on any atom is -0.469 e. The van der Waals surface area contributed by atoms with Gasteiger partial charge in [-0.05, 0) is 90.1 Å². The number of likely N-dealkylation sites (N-methyl/N-ethyl adjacent to an activating group) is 1. The molecule has 0 aliphatic heterocycles. The monoisotopic (exact) mass is 893 g/mol. The van der Waals surface area contributed by atoms with E-state index in [1.807, 2.05) is 0 Å². The normalized spacial score (nSPS) is 12.9. The van der Waals surface area contributed by atoms with Crippen molar-refractivity contribution in [3.63, 3.8) is 0 Å². The summed E-state index contributed by atoms with van der Waals surface area (Å²) in [5.74, 6) is 0.930. The van der Waals surface area contributed by atoms with Gasteiger partial charge in [-0.1, -0.05) is 169 Å². The number of carbonyl (C=O) groups is 4. The molecule has 0 aromatic rings. The first-order valence-electron chi connectivity index (χ1n) is 26.9. The van der Waals surface area contributed by atoms with Gasteiger partial charge in [0.25, 0.3) is 0 Å². The Morgan fingerprint density at radius 3 is 1.17 bits per heavy atom. The highest BCUT2D eigenvalue weighted by Crippen LogP contribution is 2.23. The molecular formula is C54H104N2O7. The summed E-state index contributed by atoms with van der Waals surface area (Å²) in [7, 11) is 5.54. The number of hydrogen-bond acceptors (Lipinski definition) is 8. The van der Waals surface area contributed by atoms with Crippen molar-refractivity contribution < 1.29 is 33.4 Å². The fraction of sp³-hybridized carbons (Fsp3) is 0.926. The molecule has 0 aliphatic rings. The number of hydrogen-bond donors (Lipinski definition) is 0. The molecule has 0 rings (SSSR count). The third-order valence-corrected chi connectivity index (χ3v) is 13.0. The van der Waals surface area contributed by atoms with Gasteiger partial charge in [0.1, 0.15) is 0 Å². The predicted octanol–water partition coefficient (Wildman–Crippen LogP) is 14.4. The molecule has 0 heterocycles. The number of methoxy groups -OCH3 is 1. The van der Waals surface area contributed by atoms with Crippen LogP contribution in [0.5, 0.6) is 0 Å². The Morgan fingerprint density at radius 1 is 0.397 bits per heavy atom. The quantitative estimate of drug-likeness (QED) is 0.0338. The number of nitrogens with zero attached hydrogens (tertiary/aromatic N) is 2. The highest BCUT2D eigenvalue weighted by atomic mass is 16.5. The largest absolute Gasteiger partial charge is 0.469 e. The van der Waals surface area contributed by atoms with Crippen LogP contribution in [0.25, 0.3) is 0 Å². The fourth-order valence-corrected chi connectivity index (χ4v) is 8.67. The van der Waals surface area contributed by atoms with E-state index in [2.05, 4.69) is 51.6 Å². The summed E-state index contributed by atoms with van der Waals surface area (Å²) >= 11 is 0. The van der Waals surface area contributed by atoms with Gasteiger partial charge in [0.05, 0.1) is 20.3 Å². The zero-order chi connectivity index (χ0) is 46.6. The molecule has 0 bridgehead atoms. The van der Waals surface area contributed by atoms with Crippen LogP contribution in [0.15, 0.2) is 0 Å². The first kappa shape index (κ1) is 60.8. The molecule has 0 fully saturated rings. The van der Waals surface area contributed by atoms with Crippen LogP contribution in [0.1, 0.15) is 259 Å². The van der Waals surface area contributed by atoms with Gasteiger partial charge in [-0.25, -0.2) is 0 Å². The van der Waals surface area contributed by atoms with E-state index in [1.165, 1.54) is 97.0 Å². The van der Waals surface area contributed by atoms with Crippen LogP contribution in [0.2, 0.25) is 0 Å². The number of rotatable bonds is 47. The van der Waals surface area contributed by atoms with E-state index in [1.54, 1.807) is 0 Å². The van der Waals surface area contributed by atoms with Crippen molar-refractivity contribution in [3.05, 3.63) is 0 Å². The lowest BCUT2D eigenvalue weighted by Crippen LogP contribution is -2.44. The average Bonchev–Trinajstić information content (AvgIpc) is 3.27. The summed E-state index contributed by atoms with van der Waals surface area (Å²) in [6.45, 7) is 11.7. The van der Waals surface area contributed by atoms with Crippen molar-refractivity contribution >= 4 is 23.8 Å². The molecule has 0 aromatic heterocycles. The minimum atomic E-state index is -0.219. The number of amides is 1. The molecule has 0 radical (unpaired) electrons. The van der Waals surface area contributed by atoms with E-state index >= 15 is 0 Å². The van der Waals surface area contributed by atoms with Crippen LogP contribution in [0, 0.1) is 11.8 Å². The molecular weight excluding hydrogens is 789 g/mol. The first-order valence-corrected chi connectivity index (χ1v) is 26.9. The Labute approximate surface area is 390 Å². The van der Waals surface area contributed by atoms with Gasteiger partial charge >= 0.3 is 17.9 Å².